The minimum atomic E-state index is -0.840. The van der Waals surface area contributed by atoms with Crippen LogP contribution in [0.3, 0.4) is 0 Å². The van der Waals surface area contributed by atoms with Gasteiger partial charge in [-0.3, -0.25) is 9.59 Å². The first-order valence-corrected chi connectivity index (χ1v) is 8.17. The third-order valence-corrected chi connectivity index (χ3v) is 5.09. The first kappa shape index (κ1) is 16.1. The van der Waals surface area contributed by atoms with E-state index in [1.807, 2.05) is 17.1 Å². The van der Waals surface area contributed by atoms with Crippen molar-refractivity contribution in [2.45, 2.75) is 46.0 Å². The molecule has 0 bridgehead atoms. The number of allylic oxidation sites excluding steroid dienone is 2. The highest BCUT2D eigenvalue weighted by molar-refractivity contribution is 5.85. The first-order valence-electron chi connectivity index (χ1n) is 8.17. The molecule has 1 aliphatic carbocycles. The molecule has 0 aromatic heterocycles. The van der Waals surface area contributed by atoms with Gasteiger partial charge in [-0.1, -0.05) is 26.0 Å². The van der Waals surface area contributed by atoms with E-state index in [0.29, 0.717) is 24.7 Å². The lowest BCUT2D eigenvalue weighted by atomic mass is 9.82. The summed E-state index contributed by atoms with van der Waals surface area (Å²) in [6.07, 6.45) is 8.15. The molecule has 1 N–H and O–H groups in total. The van der Waals surface area contributed by atoms with E-state index in [2.05, 4.69) is 13.8 Å². The van der Waals surface area contributed by atoms with Crippen molar-refractivity contribution >= 4 is 11.9 Å². The highest BCUT2D eigenvalue weighted by Gasteiger charge is 2.36. The highest BCUT2D eigenvalue weighted by Crippen LogP contribution is 2.30. The first-order chi connectivity index (χ1) is 10.0. The molecule has 1 amide bonds. The van der Waals surface area contributed by atoms with E-state index in [-0.39, 0.29) is 11.8 Å². The Kier molecular flexibility index (Phi) is 5.43. The fourth-order valence-electron chi connectivity index (χ4n) is 3.60. The molecule has 3 atom stereocenters. The summed E-state index contributed by atoms with van der Waals surface area (Å²) in [6, 6.07) is 0. The lowest BCUT2D eigenvalue weighted by Crippen LogP contribution is -2.42. The number of hydrogen-bond donors (Lipinski definition) is 1. The summed E-state index contributed by atoms with van der Waals surface area (Å²) in [5.41, 5.74) is 0. The van der Waals surface area contributed by atoms with Crippen molar-refractivity contribution in [1.82, 2.24) is 4.90 Å². The fourth-order valence-corrected chi connectivity index (χ4v) is 3.60. The van der Waals surface area contributed by atoms with Crippen molar-refractivity contribution in [3.8, 4) is 0 Å². The Hall–Kier alpha value is -1.32. The molecule has 0 spiro atoms. The number of carboxylic acids is 1. The summed E-state index contributed by atoms with van der Waals surface area (Å²) in [5.74, 6) is -0.368. The molecular formula is C17H27NO3. The SMILES string of the molecule is CC(C)C1CCCN(C(=O)[C@@H]2CC=CC[C@@H]2C(=O)O)CC1. The van der Waals surface area contributed by atoms with E-state index < -0.39 is 11.9 Å². The maximum absolute atomic E-state index is 12.7. The lowest BCUT2D eigenvalue weighted by Gasteiger charge is -2.30. The maximum atomic E-state index is 12.7. The Labute approximate surface area is 127 Å². The van der Waals surface area contributed by atoms with Gasteiger partial charge in [-0.05, 0) is 43.9 Å². The van der Waals surface area contributed by atoms with Crippen molar-refractivity contribution in [2.24, 2.45) is 23.7 Å². The normalized spacial score (nSPS) is 30.2. The Balaban J connectivity index is 2.02. The van der Waals surface area contributed by atoms with Gasteiger partial charge < -0.3 is 10.0 Å². The molecule has 118 valence electrons. The minimum absolute atomic E-state index is 0.0520. The molecule has 1 fully saturated rings. The van der Waals surface area contributed by atoms with Gasteiger partial charge in [-0.2, -0.15) is 0 Å². The third-order valence-electron chi connectivity index (χ3n) is 5.09. The summed E-state index contributed by atoms with van der Waals surface area (Å²) in [7, 11) is 0. The van der Waals surface area contributed by atoms with Crippen molar-refractivity contribution in [3.05, 3.63) is 12.2 Å². The van der Waals surface area contributed by atoms with E-state index in [1.54, 1.807) is 0 Å². The van der Waals surface area contributed by atoms with Crippen LogP contribution < -0.4 is 0 Å². The molecule has 0 radical (unpaired) electrons. The van der Waals surface area contributed by atoms with Crippen LogP contribution in [0.25, 0.3) is 0 Å². The van der Waals surface area contributed by atoms with E-state index in [1.165, 1.54) is 6.42 Å². The summed E-state index contributed by atoms with van der Waals surface area (Å²) in [4.78, 5) is 26.0. The quantitative estimate of drug-likeness (QED) is 0.814. The zero-order valence-corrected chi connectivity index (χ0v) is 13.1. The maximum Gasteiger partial charge on any atom is 0.307 e. The molecule has 0 aromatic carbocycles. The van der Waals surface area contributed by atoms with Gasteiger partial charge in [0.25, 0.3) is 0 Å². The molecule has 0 aromatic rings. The number of likely N-dealkylation sites (tertiary alicyclic amines) is 1. The van der Waals surface area contributed by atoms with Crippen molar-refractivity contribution in [2.75, 3.05) is 13.1 Å². The van der Waals surface area contributed by atoms with Gasteiger partial charge in [0.1, 0.15) is 0 Å². The second-order valence-electron chi connectivity index (χ2n) is 6.75. The number of hydrogen-bond acceptors (Lipinski definition) is 2. The van der Waals surface area contributed by atoms with Crippen LogP contribution >= 0.6 is 0 Å². The summed E-state index contributed by atoms with van der Waals surface area (Å²) in [5, 5.41) is 9.32. The largest absolute Gasteiger partial charge is 0.481 e. The second-order valence-corrected chi connectivity index (χ2v) is 6.75. The van der Waals surface area contributed by atoms with Crippen LogP contribution in [-0.2, 0) is 9.59 Å². The van der Waals surface area contributed by atoms with Crippen molar-refractivity contribution < 1.29 is 14.7 Å². The standard InChI is InChI=1S/C17H27NO3/c1-12(2)13-6-5-10-18(11-9-13)16(19)14-7-3-4-8-15(14)17(20)21/h3-4,12-15H,5-11H2,1-2H3,(H,20,21)/t13?,14-,15+/m1/s1. The number of carboxylic acid groups (broad SMARTS) is 1. The predicted octanol–water partition coefficient (Wildman–Crippen LogP) is 2.94. The number of amides is 1. The van der Waals surface area contributed by atoms with Gasteiger partial charge in [0.05, 0.1) is 11.8 Å². The lowest BCUT2D eigenvalue weighted by molar-refractivity contribution is -0.150. The van der Waals surface area contributed by atoms with Crippen LogP contribution in [0.5, 0.6) is 0 Å². The number of nitrogens with zero attached hydrogens (tertiary/aromatic N) is 1. The minimum Gasteiger partial charge on any atom is -0.481 e. The van der Waals surface area contributed by atoms with Gasteiger partial charge in [0, 0.05) is 13.1 Å². The van der Waals surface area contributed by atoms with Gasteiger partial charge in [-0.25, -0.2) is 0 Å². The van der Waals surface area contributed by atoms with E-state index in [0.717, 1.165) is 25.9 Å². The van der Waals surface area contributed by atoms with Crippen LogP contribution in [0.15, 0.2) is 12.2 Å². The fraction of sp³-hybridized carbons (Fsp3) is 0.765. The molecule has 2 aliphatic rings. The molecule has 0 saturated carbocycles. The number of aliphatic carboxylic acids is 1. The zero-order valence-electron chi connectivity index (χ0n) is 13.1. The second kappa shape index (κ2) is 7.10. The number of carbonyl (C=O) groups excluding carboxylic acids is 1. The molecule has 1 heterocycles. The summed E-state index contributed by atoms with van der Waals surface area (Å²) >= 11 is 0. The molecule has 4 heteroatoms. The Morgan fingerprint density at radius 1 is 1.10 bits per heavy atom. The van der Waals surface area contributed by atoms with Gasteiger partial charge in [0.2, 0.25) is 5.91 Å². The van der Waals surface area contributed by atoms with Gasteiger partial charge in [0.15, 0.2) is 0 Å². The van der Waals surface area contributed by atoms with Crippen LogP contribution in [0.1, 0.15) is 46.0 Å². The van der Waals surface area contributed by atoms with Gasteiger partial charge >= 0.3 is 5.97 Å². The predicted molar refractivity (Wildman–Crippen MR) is 81.7 cm³/mol. The van der Waals surface area contributed by atoms with E-state index in [9.17, 15) is 14.7 Å². The number of rotatable bonds is 3. The Morgan fingerprint density at radius 2 is 1.76 bits per heavy atom. The molecule has 1 aliphatic heterocycles. The average molecular weight is 293 g/mol. The summed E-state index contributed by atoms with van der Waals surface area (Å²) in [6.45, 7) is 6.06. The average Bonchev–Trinajstić information content (AvgIpc) is 2.72. The molecule has 1 unspecified atom stereocenters. The van der Waals surface area contributed by atoms with Gasteiger partial charge in [-0.15, -0.1) is 0 Å². The molecule has 1 saturated heterocycles. The number of carbonyl (C=O) groups is 2. The molecule has 2 rings (SSSR count). The van der Waals surface area contributed by atoms with Crippen molar-refractivity contribution in [1.29, 1.82) is 0 Å². The third kappa shape index (κ3) is 3.86. The van der Waals surface area contributed by atoms with Crippen molar-refractivity contribution in [3.63, 3.8) is 0 Å². The van der Waals surface area contributed by atoms with Crippen LogP contribution in [0, 0.1) is 23.7 Å². The Bertz CT molecular complexity index is 416. The smallest absolute Gasteiger partial charge is 0.307 e. The Morgan fingerprint density at radius 3 is 2.38 bits per heavy atom. The topological polar surface area (TPSA) is 57.6 Å². The zero-order chi connectivity index (χ0) is 15.4. The summed E-state index contributed by atoms with van der Waals surface area (Å²) < 4.78 is 0. The van der Waals surface area contributed by atoms with Crippen LogP contribution in [0.4, 0.5) is 0 Å². The highest BCUT2D eigenvalue weighted by atomic mass is 16.4. The monoisotopic (exact) mass is 293 g/mol. The van der Waals surface area contributed by atoms with E-state index in [4.69, 9.17) is 0 Å². The van der Waals surface area contributed by atoms with Crippen LogP contribution in [-0.4, -0.2) is 35.0 Å². The molecule has 21 heavy (non-hydrogen) atoms. The van der Waals surface area contributed by atoms with Crippen LogP contribution in [0.2, 0.25) is 0 Å². The van der Waals surface area contributed by atoms with E-state index >= 15 is 0 Å². The molecular weight excluding hydrogens is 266 g/mol. The molecule has 4 nitrogen and oxygen atoms in total.